The summed E-state index contributed by atoms with van der Waals surface area (Å²) < 4.78 is 27.9. The van der Waals surface area contributed by atoms with Gasteiger partial charge in [0.05, 0.1) is 16.2 Å². The lowest BCUT2D eigenvalue weighted by molar-refractivity contribution is 0.0981. The lowest BCUT2D eigenvalue weighted by Gasteiger charge is -2.32. The van der Waals surface area contributed by atoms with E-state index in [9.17, 15) is 13.2 Å². The van der Waals surface area contributed by atoms with Crippen LogP contribution in [0.2, 0.25) is 0 Å². The van der Waals surface area contributed by atoms with Crippen molar-refractivity contribution in [2.75, 3.05) is 5.73 Å². The molecule has 1 aromatic heterocycles. The van der Waals surface area contributed by atoms with E-state index < -0.39 is 15.9 Å². The van der Waals surface area contributed by atoms with Gasteiger partial charge in [-0.2, -0.15) is 0 Å². The lowest BCUT2D eigenvalue weighted by Crippen LogP contribution is -2.32. The molecule has 4 rings (SSSR count). The minimum absolute atomic E-state index is 0.0604. The minimum atomic E-state index is -4.09. The second-order valence-electron chi connectivity index (χ2n) is 9.00. The van der Waals surface area contributed by atoms with Crippen LogP contribution < -0.4 is 10.5 Å². The Kier molecular flexibility index (Phi) is 5.54. The van der Waals surface area contributed by atoms with Gasteiger partial charge in [-0.05, 0) is 56.0 Å². The predicted octanol–water partition coefficient (Wildman–Crippen LogP) is 4.37. The van der Waals surface area contributed by atoms with Crippen LogP contribution in [0.3, 0.4) is 0 Å². The number of rotatable bonds is 4. The highest BCUT2D eigenvalue weighted by Gasteiger charge is 2.32. The molecule has 0 bridgehead atoms. The Hall–Kier alpha value is -3.19. The molecule has 32 heavy (non-hydrogen) atoms. The van der Waals surface area contributed by atoms with Gasteiger partial charge in [0.2, 0.25) is 0 Å². The number of nitrogens with two attached hydrogens (primary N) is 1. The van der Waals surface area contributed by atoms with Gasteiger partial charge in [0.25, 0.3) is 15.9 Å². The Morgan fingerprint density at radius 1 is 1.09 bits per heavy atom. The van der Waals surface area contributed by atoms with Crippen molar-refractivity contribution in [1.82, 2.24) is 9.71 Å². The molecule has 1 amide bonds. The van der Waals surface area contributed by atoms with Crippen LogP contribution in [-0.4, -0.2) is 19.3 Å². The van der Waals surface area contributed by atoms with Crippen molar-refractivity contribution in [2.45, 2.75) is 50.3 Å². The van der Waals surface area contributed by atoms with E-state index >= 15 is 0 Å². The highest BCUT2D eigenvalue weighted by atomic mass is 32.2. The number of nitrogen functional groups attached to an aromatic ring is 1. The summed E-state index contributed by atoms with van der Waals surface area (Å²) in [5, 5.41) is 0. The molecule has 2 aromatic carbocycles. The summed E-state index contributed by atoms with van der Waals surface area (Å²) in [5.41, 5.74) is 10.5. The van der Waals surface area contributed by atoms with Crippen LogP contribution in [0, 0.1) is 6.92 Å². The topological polar surface area (TPSA) is 102 Å². The minimum Gasteiger partial charge on any atom is -0.399 e. The van der Waals surface area contributed by atoms with E-state index in [2.05, 4.69) is 18.6 Å². The first kappa shape index (κ1) is 22.0. The molecule has 1 aliphatic carbocycles. The molecule has 0 saturated heterocycles. The molecule has 1 heterocycles. The van der Waals surface area contributed by atoms with Gasteiger partial charge in [-0.1, -0.05) is 49.7 Å². The second kappa shape index (κ2) is 8.06. The van der Waals surface area contributed by atoms with Gasteiger partial charge in [-0.15, -0.1) is 0 Å². The second-order valence-corrected chi connectivity index (χ2v) is 10.7. The molecule has 0 atom stereocenters. The van der Waals surface area contributed by atoms with Gasteiger partial charge < -0.3 is 5.73 Å². The summed E-state index contributed by atoms with van der Waals surface area (Å²) in [6, 6.07) is 15.4. The van der Waals surface area contributed by atoms with Crippen LogP contribution in [0.5, 0.6) is 0 Å². The number of amides is 1. The molecule has 166 valence electrons. The molecule has 0 aliphatic heterocycles. The van der Waals surface area contributed by atoms with E-state index in [1.165, 1.54) is 18.2 Å². The fourth-order valence-corrected chi connectivity index (χ4v) is 5.21. The summed E-state index contributed by atoms with van der Waals surface area (Å²) >= 11 is 0. The highest BCUT2D eigenvalue weighted by Crippen LogP contribution is 2.38. The monoisotopic (exact) mass is 449 g/mol. The molecular formula is C25H27N3O3S. The molecular weight excluding hydrogens is 422 g/mol. The molecule has 0 unspecified atom stereocenters. The van der Waals surface area contributed by atoms with Crippen molar-refractivity contribution in [3.63, 3.8) is 0 Å². The van der Waals surface area contributed by atoms with Crippen LogP contribution >= 0.6 is 0 Å². The summed E-state index contributed by atoms with van der Waals surface area (Å²) in [7, 11) is -4.09. The quantitative estimate of drug-likeness (QED) is 0.576. The first-order chi connectivity index (χ1) is 15.1. The zero-order valence-electron chi connectivity index (χ0n) is 18.5. The maximum atomic E-state index is 13.3. The standard InChI is InChI=1S/C25H27N3O3S/c1-16-9-11-17(12-10-16)22-21(14-18-6-5-13-25(2,3)23(18)27-22)24(29)28-32(30,31)20-8-4-7-19(26)15-20/h4,7-12,14-15H,5-6,13,26H2,1-3H3,(H,28,29). The SMILES string of the molecule is Cc1ccc(-c2nc3c(cc2C(=O)NS(=O)(=O)c2cccc(N)c2)CCCC3(C)C)cc1. The molecule has 0 saturated carbocycles. The van der Waals surface area contributed by atoms with Crippen LogP contribution in [-0.2, 0) is 21.9 Å². The molecule has 3 aromatic rings. The maximum Gasteiger partial charge on any atom is 0.267 e. The molecule has 0 spiro atoms. The Labute approximate surface area is 188 Å². The summed E-state index contributed by atoms with van der Waals surface area (Å²) in [6.07, 6.45) is 2.81. The normalized spacial score (nSPS) is 15.1. The lowest BCUT2D eigenvalue weighted by atomic mass is 9.75. The van der Waals surface area contributed by atoms with Gasteiger partial charge in [-0.3, -0.25) is 9.78 Å². The van der Waals surface area contributed by atoms with E-state index in [1.54, 1.807) is 6.07 Å². The molecule has 7 heteroatoms. The summed E-state index contributed by atoms with van der Waals surface area (Å²) in [4.78, 5) is 18.1. The third kappa shape index (κ3) is 4.25. The van der Waals surface area contributed by atoms with Crippen molar-refractivity contribution in [3.8, 4) is 11.3 Å². The van der Waals surface area contributed by atoms with Gasteiger partial charge >= 0.3 is 0 Å². The Morgan fingerprint density at radius 2 is 1.81 bits per heavy atom. The fraction of sp³-hybridized carbons (Fsp3) is 0.280. The van der Waals surface area contributed by atoms with Crippen molar-refractivity contribution in [3.05, 3.63) is 77.0 Å². The Morgan fingerprint density at radius 3 is 2.50 bits per heavy atom. The van der Waals surface area contributed by atoms with Gasteiger partial charge in [0.1, 0.15) is 0 Å². The number of nitrogens with one attached hydrogen (secondary N) is 1. The number of aromatic nitrogens is 1. The number of pyridine rings is 1. The van der Waals surface area contributed by atoms with Crippen LogP contribution in [0.1, 0.15) is 53.9 Å². The fourth-order valence-electron chi connectivity index (χ4n) is 4.19. The number of aryl methyl sites for hydroxylation is 2. The average Bonchev–Trinajstić information content (AvgIpc) is 2.73. The Bertz CT molecular complexity index is 1300. The number of carbonyl (C=O) groups is 1. The van der Waals surface area contributed by atoms with E-state index in [0.29, 0.717) is 11.4 Å². The van der Waals surface area contributed by atoms with Crippen molar-refractivity contribution in [2.24, 2.45) is 0 Å². The number of hydrogen-bond donors (Lipinski definition) is 2. The van der Waals surface area contributed by atoms with Crippen molar-refractivity contribution < 1.29 is 13.2 Å². The van der Waals surface area contributed by atoms with Crippen LogP contribution in [0.25, 0.3) is 11.3 Å². The number of benzene rings is 2. The summed E-state index contributed by atoms with van der Waals surface area (Å²) in [5.74, 6) is -0.707. The first-order valence-electron chi connectivity index (χ1n) is 10.6. The van der Waals surface area contributed by atoms with Crippen molar-refractivity contribution >= 4 is 21.6 Å². The van der Waals surface area contributed by atoms with Crippen molar-refractivity contribution in [1.29, 1.82) is 0 Å². The smallest absolute Gasteiger partial charge is 0.267 e. The van der Waals surface area contributed by atoms with Gasteiger partial charge in [-0.25, -0.2) is 13.1 Å². The zero-order chi connectivity index (χ0) is 23.1. The van der Waals surface area contributed by atoms with E-state index in [-0.39, 0.29) is 15.9 Å². The third-order valence-corrected chi connectivity index (χ3v) is 7.28. The van der Waals surface area contributed by atoms with Crippen LogP contribution in [0.15, 0.2) is 59.5 Å². The predicted molar refractivity (Wildman–Crippen MR) is 126 cm³/mol. The largest absolute Gasteiger partial charge is 0.399 e. The molecule has 6 nitrogen and oxygen atoms in total. The number of hydrogen-bond acceptors (Lipinski definition) is 5. The number of carbonyl (C=O) groups excluding carboxylic acids is 1. The zero-order valence-corrected chi connectivity index (χ0v) is 19.3. The molecule has 0 fully saturated rings. The van der Waals surface area contributed by atoms with E-state index in [1.807, 2.05) is 37.3 Å². The number of sulfonamides is 1. The molecule has 1 aliphatic rings. The van der Waals surface area contributed by atoms with Gasteiger partial charge in [0, 0.05) is 22.4 Å². The number of fused-ring (bicyclic) bond motifs is 1. The summed E-state index contributed by atoms with van der Waals surface area (Å²) in [6.45, 7) is 6.29. The Balaban J connectivity index is 1.82. The average molecular weight is 450 g/mol. The number of anilines is 1. The highest BCUT2D eigenvalue weighted by molar-refractivity contribution is 7.90. The third-order valence-electron chi connectivity index (χ3n) is 5.96. The van der Waals surface area contributed by atoms with E-state index in [4.69, 9.17) is 10.7 Å². The molecule has 3 N–H and O–H groups in total. The number of nitrogens with zero attached hydrogens (tertiary/aromatic N) is 1. The molecule has 0 radical (unpaired) electrons. The van der Waals surface area contributed by atoms with Gasteiger partial charge in [0.15, 0.2) is 0 Å². The van der Waals surface area contributed by atoms with E-state index in [0.717, 1.165) is 41.6 Å². The van der Waals surface area contributed by atoms with Crippen LogP contribution in [0.4, 0.5) is 5.69 Å². The first-order valence-corrected chi connectivity index (χ1v) is 12.1. The maximum absolute atomic E-state index is 13.3.